The molecule has 9 heteroatoms. The van der Waals surface area contributed by atoms with Gasteiger partial charge in [0.15, 0.2) is 0 Å². The van der Waals surface area contributed by atoms with E-state index in [1.165, 1.54) is 4.90 Å². The number of nitrogens with two attached hydrogens (primary N) is 1. The molecule has 1 unspecified atom stereocenters. The van der Waals surface area contributed by atoms with Crippen LogP contribution in [0.5, 0.6) is 0 Å². The zero-order valence-electron chi connectivity index (χ0n) is 12.0. The highest BCUT2D eigenvalue weighted by atomic mass is 16.4. The molecule has 21 heavy (non-hydrogen) atoms. The molecular weight excluding hydrogens is 280 g/mol. The summed E-state index contributed by atoms with van der Waals surface area (Å²) in [6, 6.07) is -1.89. The summed E-state index contributed by atoms with van der Waals surface area (Å²) in [5.41, 5.74) is 3.89. The SMILES string of the molecule is CC1(C)C(=O)NCCN1C(=O)NC(CCC(N)=O)C(=O)O. The molecule has 1 aliphatic rings. The van der Waals surface area contributed by atoms with Gasteiger partial charge in [0.2, 0.25) is 11.8 Å². The Bertz CT molecular complexity index is 463. The molecule has 0 aromatic heterocycles. The molecule has 0 aromatic rings. The molecule has 0 spiro atoms. The van der Waals surface area contributed by atoms with Gasteiger partial charge in [-0.2, -0.15) is 0 Å². The molecule has 1 heterocycles. The average Bonchev–Trinajstić information content (AvgIpc) is 2.36. The molecule has 1 atom stereocenters. The maximum absolute atomic E-state index is 12.2. The van der Waals surface area contributed by atoms with Gasteiger partial charge in [0.1, 0.15) is 11.6 Å². The van der Waals surface area contributed by atoms with Crippen molar-refractivity contribution in [3.63, 3.8) is 0 Å². The molecule has 1 aliphatic heterocycles. The largest absolute Gasteiger partial charge is 0.480 e. The van der Waals surface area contributed by atoms with Crippen molar-refractivity contribution in [3.8, 4) is 0 Å². The Balaban J connectivity index is 2.74. The van der Waals surface area contributed by atoms with Gasteiger partial charge in [-0.15, -0.1) is 0 Å². The van der Waals surface area contributed by atoms with Crippen molar-refractivity contribution in [1.82, 2.24) is 15.5 Å². The lowest BCUT2D eigenvalue weighted by Crippen LogP contribution is -2.66. The van der Waals surface area contributed by atoms with Gasteiger partial charge in [0, 0.05) is 19.5 Å². The first-order valence-electron chi connectivity index (χ1n) is 6.53. The standard InChI is InChI=1S/C12H20N4O5/c1-12(2)10(20)14-5-6-16(12)11(21)15-7(9(18)19)3-4-8(13)17/h7H,3-6H2,1-2H3,(H2,13,17)(H,14,20)(H,15,21)(H,18,19). The molecule has 1 saturated heterocycles. The van der Waals surface area contributed by atoms with E-state index in [2.05, 4.69) is 10.6 Å². The predicted octanol–water partition coefficient (Wildman–Crippen LogP) is -1.37. The fourth-order valence-corrected chi connectivity index (χ4v) is 2.03. The number of aliphatic carboxylic acids is 1. The molecule has 0 saturated carbocycles. The van der Waals surface area contributed by atoms with Gasteiger partial charge >= 0.3 is 12.0 Å². The van der Waals surface area contributed by atoms with Crippen molar-refractivity contribution in [2.45, 2.75) is 38.3 Å². The maximum atomic E-state index is 12.2. The minimum absolute atomic E-state index is 0.100. The molecule has 0 aliphatic carbocycles. The number of carbonyl (C=O) groups excluding carboxylic acids is 3. The normalized spacial score (nSPS) is 18.6. The number of nitrogens with zero attached hydrogens (tertiary/aromatic N) is 1. The van der Waals surface area contributed by atoms with Crippen molar-refractivity contribution < 1.29 is 24.3 Å². The Kier molecular flexibility index (Phi) is 5.12. The van der Waals surface area contributed by atoms with Gasteiger partial charge in [0.25, 0.3) is 0 Å². The molecule has 0 aromatic carbocycles. The number of urea groups is 1. The van der Waals surface area contributed by atoms with E-state index < -0.39 is 29.5 Å². The number of carboxylic acids is 1. The summed E-state index contributed by atoms with van der Waals surface area (Å²) in [5.74, 6) is -2.22. The summed E-state index contributed by atoms with van der Waals surface area (Å²) in [6.07, 6.45) is -0.252. The number of hydrogen-bond acceptors (Lipinski definition) is 4. The third kappa shape index (κ3) is 4.07. The van der Waals surface area contributed by atoms with Crippen molar-refractivity contribution in [2.75, 3.05) is 13.1 Å². The van der Waals surface area contributed by atoms with Crippen LogP contribution in [0.15, 0.2) is 0 Å². The van der Waals surface area contributed by atoms with Crippen molar-refractivity contribution >= 4 is 23.8 Å². The Morgan fingerprint density at radius 1 is 1.48 bits per heavy atom. The van der Waals surface area contributed by atoms with Gasteiger partial charge in [-0.05, 0) is 20.3 Å². The Morgan fingerprint density at radius 2 is 2.10 bits per heavy atom. The van der Waals surface area contributed by atoms with Crippen LogP contribution in [-0.2, 0) is 14.4 Å². The number of piperazine rings is 1. The molecule has 118 valence electrons. The van der Waals surface area contributed by atoms with Crippen LogP contribution in [0.2, 0.25) is 0 Å². The quantitative estimate of drug-likeness (QED) is 0.495. The summed E-state index contributed by atoms with van der Waals surface area (Å²) < 4.78 is 0. The predicted molar refractivity (Wildman–Crippen MR) is 72.2 cm³/mol. The maximum Gasteiger partial charge on any atom is 0.326 e. The fourth-order valence-electron chi connectivity index (χ4n) is 2.03. The fraction of sp³-hybridized carbons (Fsp3) is 0.667. The number of carboxylic acid groups (broad SMARTS) is 1. The molecule has 1 fully saturated rings. The van der Waals surface area contributed by atoms with Crippen LogP contribution in [0.3, 0.4) is 0 Å². The van der Waals surface area contributed by atoms with Crippen LogP contribution in [-0.4, -0.2) is 58.5 Å². The second-order valence-electron chi connectivity index (χ2n) is 5.31. The molecular formula is C12H20N4O5. The first-order chi connectivity index (χ1) is 9.66. The first-order valence-corrected chi connectivity index (χ1v) is 6.53. The number of rotatable bonds is 5. The average molecular weight is 300 g/mol. The number of nitrogens with one attached hydrogen (secondary N) is 2. The highest BCUT2D eigenvalue weighted by molar-refractivity contribution is 5.92. The van der Waals surface area contributed by atoms with E-state index in [0.29, 0.717) is 6.54 Å². The number of hydrogen-bond donors (Lipinski definition) is 4. The van der Waals surface area contributed by atoms with E-state index in [1.54, 1.807) is 13.8 Å². The summed E-state index contributed by atoms with van der Waals surface area (Å²) in [5, 5.41) is 14.0. The summed E-state index contributed by atoms with van der Waals surface area (Å²) in [6.45, 7) is 3.71. The Morgan fingerprint density at radius 3 is 2.62 bits per heavy atom. The molecule has 0 radical (unpaired) electrons. The van der Waals surface area contributed by atoms with Crippen LogP contribution in [0.4, 0.5) is 4.79 Å². The lowest BCUT2D eigenvalue weighted by atomic mass is 9.99. The minimum atomic E-state index is -1.26. The van der Waals surface area contributed by atoms with Crippen molar-refractivity contribution in [1.29, 1.82) is 0 Å². The summed E-state index contributed by atoms with van der Waals surface area (Å²) >= 11 is 0. The van der Waals surface area contributed by atoms with E-state index in [1.807, 2.05) is 0 Å². The minimum Gasteiger partial charge on any atom is -0.480 e. The van der Waals surface area contributed by atoms with Crippen LogP contribution in [0, 0.1) is 0 Å². The van der Waals surface area contributed by atoms with Crippen LogP contribution in [0.25, 0.3) is 0 Å². The third-order valence-electron chi connectivity index (χ3n) is 3.37. The van der Waals surface area contributed by atoms with E-state index in [9.17, 15) is 19.2 Å². The van der Waals surface area contributed by atoms with Gasteiger partial charge in [-0.25, -0.2) is 9.59 Å². The molecule has 4 amide bonds. The lowest BCUT2D eigenvalue weighted by Gasteiger charge is -2.41. The number of amides is 4. The lowest BCUT2D eigenvalue weighted by molar-refractivity contribution is -0.139. The van der Waals surface area contributed by atoms with E-state index in [0.717, 1.165) is 0 Å². The summed E-state index contributed by atoms with van der Waals surface area (Å²) in [4.78, 5) is 47.0. The first kappa shape index (κ1) is 16.7. The molecule has 0 bridgehead atoms. The number of primary amides is 1. The molecule has 9 nitrogen and oxygen atoms in total. The highest BCUT2D eigenvalue weighted by Crippen LogP contribution is 2.17. The van der Waals surface area contributed by atoms with Crippen molar-refractivity contribution in [3.05, 3.63) is 0 Å². The van der Waals surface area contributed by atoms with E-state index >= 15 is 0 Å². The molecule has 5 N–H and O–H groups in total. The van der Waals surface area contributed by atoms with E-state index in [4.69, 9.17) is 10.8 Å². The van der Waals surface area contributed by atoms with Crippen LogP contribution in [0.1, 0.15) is 26.7 Å². The second-order valence-corrected chi connectivity index (χ2v) is 5.31. The van der Waals surface area contributed by atoms with Gasteiger partial charge in [-0.1, -0.05) is 0 Å². The zero-order valence-corrected chi connectivity index (χ0v) is 12.0. The summed E-state index contributed by atoms with van der Waals surface area (Å²) in [7, 11) is 0. The van der Waals surface area contributed by atoms with Gasteiger partial charge in [-0.3, -0.25) is 9.59 Å². The number of carbonyl (C=O) groups is 4. The Hall–Kier alpha value is -2.32. The van der Waals surface area contributed by atoms with Crippen LogP contribution >= 0.6 is 0 Å². The van der Waals surface area contributed by atoms with Crippen molar-refractivity contribution in [2.24, 2.45) is 5.73 Å². The smallest absolute Gasteiger partial charge is 0.326 e. The topological polar surface area (TPSA) is 142 Å². The molecule has 1 rings (SSSR count). The van der Waals surface area contributed by atoms with Gasteiger partial charge < -0.3 is 26.4 Å². The van der Waals surface area contributed by atoms with E-state index in [-0.39, 0.29) is 25.3 Å². The third-order valence-corrected chi connectivity index (χ3v) is 3.37. The van der Waals surface area contributed by atoms with Crippen LogP contribution < -0.4 is 16.4 Å². The Labute approximate surface area is 121 Å². The zero-order chi connectivity index (χ0) is 16.2. The monoisotopic (exact) mass is 300 g/mol. The van der Waals surface area contributed by atoms with Gasteiger partial charge in [0.05, 0.1) is 0 Å². The second kappa shape index (κ2) is 6.42. The highest BCUT2D eigenvalue weighted by Gasteiger charge is 2.41.